The molecule has 9 nitrogen and oxygen atoms in total. The Morgan fingerprint density at radius 1 is 0.971 bits per heavy atom. The second-order valence-corrected chi connectivity index (χ2v) is 9.39. The maximum Gasteiger partial charge on any atom is 0.407 e. The molecular formula is C26H31N3O6. The molecule has 0 unspecified atom stereocenters. The number of rotatable bonds is 9. The highest BCUT2D eigenvalue weighted by Crippen LogP contribution is 2.44. The van der Waals surface area contributed by atoms with Crippen molar-refractivity contribution in [1.82, 2.24) is 16.0 Å². The van der Waals surface area contributed by atoms with Crippen LogP contribution in [0.15, 0.2) is 48.5 Å². The maximum absolute atomic E-state index is 12.6. The molecule has 0 bridgehead atoms. The lowest BCUT2D eigenvalue weighted by atomic mass is 9.98. The first-order valence-electron chi connectivity index (χ1n) is 11.4. The van der Waals surface area contributed by atoms with Crippen LogP contribution in [0.3, 0.4) is 0 Å². The van der Waals surface area contributed by atoms with Crippen molar-refractivity contribution in [3.63, 3.8) is 0 Å². The molecule has 3 rings (SSSR count). The second-order valence-electron chi connectivity index (χ2n) is 9.39. The van der Waals surface area contributed by atoms with Gasteiger partial charge in [0.05, 0.1) is 6.54 Å². The van der Waals surface area contributed by atoms with Crippen LogP contribution < -0.4 is 16.0 Å². The lowest BCUT2D eigenvalue weighted by Gasteiger charge is -2.23. The normalized spacial score (nSPS) is 13.4. The SMILES string of the molecule is CC(C)[C@H](NC(=O)OCC1c2ccccc2-c2ccccc21)C(=O)NCC(=O)NC(C)(C)C(=O)O. The van der Waals surface area contributed by atoms with Crippen LogP contribution in [0.4, 0.5) is 4.79 Å². The number of hydrogen-bond donors (Lipinski definition) is 4. The number of carboxylic acid groups (broad SMARTS) is 1. The van der Waals surface area contributed by atoms with Crippen LogP contribution >= 0.6 is 0 Å². The summed E-state index contributed by atoms with van der Waals surface area (Å²) >= 11 is 0. The fourth-order valence-electron chi connectivity index (χ4n) is 4.03. The lowest BCUT2D eigenvalue weighted by Crippen LogP contribution is -2.55. The summed E-state index contributed by atoms with van der Waals surface area (Å²) in [5, 5.41) is 16.4. The fourth-order valence-corrected chi connectivity index (χ4v) is 4.03. The molecule has 4 N–H and O–H groups in total. The molecule has 9 heteroatoms. The molecule has 0 aromatic heterocycles. The summed E-state index contributed by atoms with van der Waals surface area (Å²) in [6.45, 7) is 5.86. The van der Waals surface area contributed by atoms with E-state index in [4.69, 9.17) is 9.84 Å². The highest BCUT2D eigenvalue weighted by atomic mass is 16.5. The molecule has 0 aliphatic heterocycles. The quantitative estimate of drug-likeness (QED) is 0.435. The number of carboxylic acids is 1. The Morgan fingerprint density at radius 2 is 1.51 bits per heavy atom. The number of ether oxygens (including phenoxy) is 1. The first-order chi connectivity index (χ1) is 16.5. The van der Waals surface area contributed by atoms with Gasteiger partial charge in [0.1, 0.15) is 18.2 Å². The molecule has 1 aliphatic rings. The molecule has 0 heterocycles. The van der Waals surface area contributed by atoms with E-state index in [9.17, 15) is 19.2 Å². The van der Waals surface area contributed by atoms with Gasteiger partial charge in [0.25, 0.3) is 0 Å². The van der Waals surface area contributed by atoms with Crippen molar-refractivity contribution in [3.05, 3.63) is 59.7 Å². The monoisotopic (exact) mass is 481 g/mol. The number of carbonyl (C=O) groups is 4. The van der Waals surface area contributed by atoms with E-state index in [1.807, 2.05) is 48.5 Å². The van der Waals surface area contributed by atoms with Gasteiger partial charge in [-0.1, -0.05) is 62.4 Å². The van der Waals surface area contributed by atoms with E-state index >= 15 is 0 Å². The topological polar surface area (TPSA) is 134 Å². The minimum atomic E-state index is -1.47. The Balaban J connectivity index is 1.57. The van der Waals surface area contributed by atoms with Crippen LogP contribution in [0.1, 0.15) is 44.7 Å². The molecule has 2 aromatic carbocycles. The van der Waals surface area contributed by atoms with E-state index < -0.39 is 42.0 Å². The highest BCUT2D eigenvalue weighted by molar-refractivity contribution is 5.91. The van der Waals surface area contributed by atoms with Crippen LogP contribution in [0, 0.1) is 5.92 Å². The van der Waals surface area contributed by atoms with E-state index in [2.05, 4.69) is 16.0 Å². The first-order valence-corrected chi connectivity index (χ1v) is 11.4. The second kappa shape index (κ2) is 10.6. The fraction of sp³-hybridized carbons (Fsp3) is 0.385. The Labute approximate surface area is 204 Å². The molecule has 186 valence electrons. The number of amides is 3. The summed E-state index contributed by atoms with van der Waals surface area (Å²) < 4.78 is 5.51. The Kier molecular flexibility index (Phi) is 7.78. The minimum Gasteiger partial charge on any atom is -0.480 e. The van der Waals surface area contributed by atoms with Gasteiger partial charge in [-0.2, -0.15) is 0 Å². The largest absolute Gasteiger partial charge is 0.480 e. The standard InChI is InChI=1S/C26H31N3O6/c1-15(2)22(23(31)27-13-21(30)29-26(3,4)24(32)33)28-25(34)35-14-20-18-11-7-5-9-16(18)17-10-6-8-12-19(17)20/h5-12,15,20,22H,13-14H2,1-4H3,(H,27,31)(H,28,34)(H,29,30)(H,32,33)/t22-/m0/s1. The van der Waals surface area contributed by atoms with Gasteiger partial charge in [0.2, 0.25) is 11.8 Å². The van der Waals surface area contributed by atoms with Crippen molar-refractivity contribution < 1.29 is 29.0 Å². The molecule has 35 heavy (non-hydrogen) atoms. The number of nitrogens with one attached hydrogen (secondary N) is 3. The highest BCUT2D eigenvalue weighted by Gasteiger charge is 2.31. The summed E-state index contributed by atoms with van der Waals surface area (Å²) in [5.41, 5.74) is 2.91. The summed E-state index contributed by atoms with van der Waals surface area (Å²) in [5.74, 6) is -2.82. The molecule has 3 amide bonds. The van der Waals surface area contributed by atoms with E-state index in [0.717, 1.165) is 22.3 Å². The smallest absolute Gasteiger partial charge is 0.407 e. The van der Waals surface area contributed by atoms with Crippen molar-refractivity contribution in [2.45, 2.75) is 45.2 Å². The molecule has 0 radical (unpaired) electrons. The minimum absolute atomic E-state index is 0.110. The molecule has 1 atom stereocenters. The summed E-state index contributed by atoms with van der Waals surface area (Å²) in [7, 11) is 0. The molecule has 2 aromatic rings. The van der Waals surface area contributed by atoms with Gasteiger partial charge in [0, 0.05) is 5.92 Å². The summed E-state index contributed by atoms with van der Waals surface area (Å²) in [4.78, 5) is 48.4. The number of alkyl carbamates (subject to hydrolysis) is 1. The molecular weight excluding hydrogens is 450 g/mol. The number of hydrogen-bond acceptors (Lipinski definition) is 5. The Bertz CT molecular complexity index is 1080. The van der Waals surface area contributed by atoms with E-state index in [1.165, 1.54) is 13.8 Å². The van der Waals surface area contributed by atoms with E-state index in [1.54, 1.807) is 13.8 Å². The molecule has 0 saturated carbocycles. The third-order valence-corrected chi connectivity index (χ3v) is 5.98. The predicted molar refractivity (Wildman–Crippen MR) is 130 cm³/mol. The van der Waals surface area contributed by atoms with Gasteiger partial charge in [-0.15, -0.1) is 0 Å². The van der Waals surface area contributed by atoms with Crippen LogP contribution in [0.2, 0.25) is 0 Å². The third-order valence-electron chi connectivity index (χ3n) is 5.98. The number of benzene rings is 2. The zero-order valence-electron chi connectivity index (χ0n) is 20.3. The van der Waals surface area contributed by atoms with Crippen molar-refractivity contribution >= 4 is 23.9 Å². The van der Waals surface area contributed by atoms with Gasteiger partial charge in [-0.25, -0.2) is 9.59 Å². The zero-order chi connectivity index (χ0) is 25.8. The van der Waals surface area contributed by atoms with Crippen LogP contribution in [-0.2, 0) is 19.1 Å². The summed E-state index contributed by atoms with van der Waals surface area (Å²) in [6.07, 6.45) is -0.739. The maximum atomic E-state index is 12.6. The molecule has 1 aliphatic carbocycles. The number of fused-ring (bicyclic) bond motifs is 3. The van der Waals surface area contributed by atoms with Gasteiger partial charge >= 0.3 is 12.1 Å². The number of carbonyl (C=O) groups excluding carboxylic acids is 3. The van der Waals surface area contributed by atoms with Crippen molar-refractivity contribution in [2.24, 2.45) is 5.92 Å². The van der Waals surface area contributed by atoms with Crippen molar-refractivity contribution in [1.29, 1.82) is 0 Å². The molecule has 0 spiro atoms. The average Bonchev–Trinajstić information content (AvgIpc) is 3.13. The van der Waals surface area contributed by atoms with Gasteiger partial charge in [0.15, 0.2) is 0 Å². The average molecular weight is 482 g/mol. The van der Waals surface area contributed by atoms with Crippen LogP contribution in [0.25, 0.3) is 11.1 Å². The van der Waals surface area contributed by atoms with Crippen molar-refractivity contribution in [2.75, 3.05) is 13.2 Å². The first kappa shape index (κ1) is 25.7. The lowest BCUT2D eigenvalue weighted by molar-refractivity contribution is -0.145. The Hall–Kier alpha value is -3.88. The van der Waals surface area contributed by atoms with Crippen LogP contribution in [0.5, 0.6) is 0 Å². The van der Waals surface area contributed by atoms with E-state index in [0.29, 0.717) is 0 Å². The predicted octanol–water partition coefficient (Wildman–Crippen LogP) is 2.65. The number of aliphatic carboxylic acids is 1. The summed E-state index contributed by atoms with van der Waals surface area (Å²) in [6, 6.07) is 15.0. The zero-order valence-corrected chi connectivity index (χ0v) is 20.3. The van der Waals surface area contributed by atoms with Crippen molar-refractivity contribution in [3.8, 4) is 11.1 Å². The van der Waals surface area contributed by atoms with Crippen LogP contribution in [-0.4, -0.2) is 53.7 Å². The van der Waals surface area contributed by atoms with E-state index in [-0.39, 0.29) is 18.4 Å². The van der Waals surface area contributed by atoms with Gasteiger partial charge in [-0.05, 0) is 42.0 Å². The Morgan fingerprint density at radius 3 is 2.03 bits per heavy atom. The molecule has 0 fully saturated rings. The van der Waals surface area contributed by atoms with Gasteiger partial charge < -0.3 is 25.8 Å². The third kappa shape index (κ3) is 5.98. The molecule has 0 saturated heterocycles. The van der Waals surface area contributed by atoms with Gasteiger partial charge in [-0.3, -0.25) is 9.59 Å².